The predicted molar refractivity (Wildman–Crippen MR) is 73.6 cm³/mol. The summed E-state index contributed by atoms with van der Waals surface area (Å²) in [6.45, 7) is 5.46. The van der Waals surface area contributed by atoms with Crippen molar-refractivity contribution in [1.29, 1.82) is 0 Å². The molecule has 0 aromatic carbocycles. The van der Waals surface area contributed by atoms with Gasteiger partial charge in [0.15, 0.2) is 0 Å². The quantitative estimate of drug-likeness (QED) is 0.811. The highest BCUT2D eigenvalue weighted by molar-refractivity contribution is 4.93. The molecule has 1 heterocycles. The summed E-state index contributed by atoms with van der Waals surface area (Å²) in [6.07, 6.45) is 8.80. The van der Waals surface area contributed by atoms with E-state index in [-0.39, 0.29) is 12.2 Å². The lowest BCUT2D eigenvalue weighted by molar-refractivity contribution is -0.110. The fourth-order valence-electron chi connectivity index (χ4n) is 3.41. The summed E-state index contributed by atoms with van der Waals surface area (Å²) < 4.78 is 6.12. The fraction of sp³-hybridized carbons (Fsp3) is 1.00. The van der Waals surface area contributed by atoms with Gasteiger partial charge in [0, 0.05) is 25.3 Å². The van der Waals surface area contributed by atoms with E-state index in [1.54, 1.807) is 0 Å². The van der Waals surface area contributed by atoms with Crippen LogP contribution >= 0.6 is 0 Å². The normalized spacial score (nSPS) is 31.2. The first-order valence-electron chi connectivity index (χ1n) is 7.66. The molecule has 106 valence electrons. The van der Waals surface area contributed by atoms with E-state index in [1.807, 2.05) is 0 Å². The van der Waals surface area contributed by atoms with Crippen molar-refractivity contribution < 1.29 is 9.84 Å². The van der Waals surface area contributed by atoms with Crippen molar-refractivity contribution in [3.05, 3.63) is 0 Å². The van der Waals surface area contributed by atoms with E-state index < -0.39 is 0 Å². The Morgan fingerprint density at radius 2 is 2.00 bits per heavy atom. The zero-order valence-electron chi connectivity index (χ0n) is 12.0. The second-order valence-corrected chi connectivity index (χ2v) is 6.40. The summed E-state index contributed by atoms with van der Waals surface area (Å²) in [5, 5.41) is 12.9. The molecule has 1 spiro atoms. The van der Waals surface area contributed by atoms with Gasteiger partial charge in [-0.2, -0.15) is 0 Å². The Bertz CT molecular complexity index is 245. The van der Waals surface area contributed by atoms with Crippen molar-refractivity contribution in [3.63, 3.8) is 0 Å². The van der Waals surface area contributed by atoms with Crippen LogP contribution < -0.4 is 5.32 Å². The van der Waals surface area contributed by atoms with Gasteiger partial charge >= 0.3 is 0 Å². The minimum atomic E-state index is 0.177. The van der Waals surface area contributed by atoms with Crippen LogP contribution in [0.5, 0.6) is 0 Å². The Hall–Kier alpha value is -0.120. The smallest absolute Gasteiger partial charge is 0.0697 e. The molecule has 0 bridgehead atoms. The third kappa shape index (κ3) is 3.46. The molecule has 3 unspecified atom stereocenters. The Labute approximate surface area is 111 Å². The minimum absolute atomic E-state index is 0.177. The number of aliphatic hydroxyl groups is 1. The lowest BCUT2D eigenvalue weighted by Crippen LogP contribution is -2.51. The molecule has 0 amide bonds. The highest BCUT2D eigenvalue weighted by atomic mass is 16.5. The number of rotatable bonds is 4. The van der Waals surface area contributed by atoms with Gasteiger partial charge in [-0.25, -0.2) is 0 Å². The standard InChI is InChI=1S/C15H29NO2/c1-12(11-17)13(2)16-14-6-9-18-15(10-14)7-4-3-5-8-15/h12-14,16-17H,3-11H2,1-2H3. The molecule has 1 aliphatic carbocycles. The van der Waals surface area contributed by atoms with E-state index in [4.69, 9.17) is 4.74 Å². The number of hydrogen-bond donors (Lipinski definition) is 2. The van der Waals surface area contributed by atoms with Gasteiger partial charge < -0.3 is 15.2 Å². The van der Waals surface area contributed by atoms with Crippen molar-refractivity contribution in [3.8, 4) is 0 Å². The minimum Gasteiger partial charge on any atom is -0.396 e. The molecule has 0 aromatic heterocycles. The van der Waals surface area contributed by atoms with Gasteiger partial charge in [0.05, 0.1) is 5.60 Å². The van der Waals surface area contributed by atoms with E-state index in [2.05, 4.69) is 19.2 Å². The van der Waals surface area contributed by atoms with Gasteiger partial charge in [0.1, 0.15) is 0 Å². The van der Waals surface area contributed by atoms with Crippen LogP contribution in [0, 0.1) is 5.92 Å². The average molecular weight is 255 g/mol. The molecule has 1 aliphatic heterocycles. The molecule has 1 saturated heterocycles. The molecule has 3 nitrogen and oxygen atoms in total. The van der Waals surface area contributed by atoms with Crippen molar-refractivity contribution >= 4 is 0 Å². The summed E-state index contributed by atoms with van der Waals surface area (Å²) in [7, 11) is 0. The molecular formula is C15H29NO2. The summed E-state index contributed by atoms with van der Waals surface area (Å²) in [4.78, 5) is 0. The first kappa shape index (κ1) is 14.3. The maximum atomic E-state index is 9.21. The fourth-order valence-corrected chi connectivity index (χ4v) is 3.41. The van der Waals surface area contributed by atoms with Crippen molar-refractivity contribution in [2.45, 2.75) is 76.5 Å². The summed E-state index contributed by atoms with van der Waals surface area (Å²) in [6, 6.07) is 0.958. The highest BCUT2D eigenvalue weighted by Crippen LogP contribution is 2.38. The first-order valence-corrected chi connectivity index (χ1v) is 7.66. The van der Waals surface area contributed by atoms with Gasteiger partial charge in [-0.05, 0) is 38.5 Å². The number of nitrogens with one attached hydrogen (secondary N) is 1. The SMILES string of the molecule is CC(CO)C(C)NC1CCOC2(CCCCC2)C1. The van der Waals surface area contributed by atoms with Crippen LogP contribution in [0.3, 0.4) is 0 Å². The third-order valence-electron chi connectivity index (χ3n) is 4.90. The Kier molecular flexibility index (Phi) is 5.05. The summed E-state index contributed by atoms with van der Waals surface area (Å²) in [5.41, 5.74) is 0.177. The molecule has 18 heavy (non-hydrogen) atoms. The lowest BCUT2D eigenvalue weighted by atomic mass is 9.78. The van der Waals surface area contributed by atoms with E-state index in [0.29, 0.717) is 18.0 Å². The van der Waals surface area contributed by atoms with E-state index in [1.165, 1.54) is 32.1 Å². The Morgan fingerprint density at radius 3 is 2.67 bits per heavy atom. The molecule has 3 heteroatoms. The monoisotopic (exact) mass is 255 g/mol. The van der Waals surface area contributed by atoms with Gasteiger partial charge in [0.2, 0.25) is 0 Å². The molecule has 0 aromatic rings. The van der Waals surface area contributed by atoms with Crippen LogP contribution in [-0.4, -0.2) is 36.0 Å². The van der Waals surface area contributed by atoms with E-state index in [0.717, 1.165) is 19.4 Å². The van der Waals surface area contributed by atoms with Gasteiger partial charge in [0.25, 0.3) is 0 Å². The largest absolute Gasteiger partial charge is 0.396 e. The zero-order valence-corrected chi connectivity index (χ0v) is 12.0. The molecule has 2 fully saturated rings. The van der Waals surface area contributed by atoms with Crippen LogP contribution in [-0.2, 0) is 4.74 Å². The molecule has 2 aliphatic rings. The van der Waals surface area contributed by atoms with Gasteiger partial charge in [-0.15, -0.1) is 0 Å². The molecule has 1 saturated carbocycles. The summed E-state index contributed by atoms with van der Waals surface area (Å²) in [5.74, 6) is 0.329. The maximum absolute atomic E-state index is 9.21. The molecule has 3 atom stereocenters. The number of ether oxygens (including phenoxy) is 1. The van der Waals surface area contributed by atoms with Crippen molar-refractivity contribution in [2.24, 2.45) is 5.92 Å². The Balaban J connectivity index is 1.86. The molecule has 2 N–H and O–H groups in total. The maximum Gasteiger partial charge on any atom is 0.0697 e. The van der Waals surface area contributed by atoms with E-state index >= 15 is 0 Å². The molecule has 0 radical (unpaired) electrons. The second kappa shape index (κ2) is 6.36. The van der Waals surface area contributed by atoms with E-state index in [9.17, 15) is 5.11 Å². The highest BCUT2D eigenvalue weighted by Gasteiger charge is 2.38. The second-order valence-electron chi connectivity index (χ2n) is 6.40. The number of aliphatic hydroxyl groups excluding tert-OH is 1. The molecule has 2 rings (SSSR count). The van der Waals surface area contributed by atoms with Crippen LogP contribution in [0.2, 0.25) is 0 Å². The van der Waals surface area contributed by atoms with Crippen molar-refractivity contribution in [1.82, 2.24) is 5.32 Å². The van der Waals surface area contributed by atoms with Crippen LogP contribution in [0.25, 0.3) is 0 Å². The summed E-state index contributed by atoms with van der Waals surface area (Å²) >= 11 is 0. The number of hydrogen-bond acceptors (Lipinski definition) is 3. The van der Waals surface area contributed by atoms with Crippen molar-refractivity contribution in [2.75, 3.05) is 13.2 Å². The Morgan fingerprint density at radius 1 is 1.28 bits per heavy atom. The van der Waals surface area contributed by atoms with Crippen LogP contribution in [0.15, 0.2) is 0 Å². The van der Waals surface area contributed by atoms with Crippen LogP contribution in [0.1, 0.15) is 58.8 Å². The van der Waals surface area contributed by atoms with Crippen LogP contribution in [0.4, 0.5) is 0 Å². The topological polar surface area (TPSA) is 41.5 Å². The predicted octanol–water partition coefficient (Wildman–Crippen LogP) is 2.47. The molecular weight excluding hydrogens is 226 g/mol. The zero-order chi connectivity index (χ0) is 13.0. The van der Waals surface area contributed by atoms with Gasteiger partial charge in [-0.3, -0.25) is 0 Å². The van der Waals surface area contributed by atoms with Gasteiger partial charge in [-0.1, -0.05) is 26.2 Å². The lowest BCUT2D eigenvalue weighted by Gasteiger charge is -2.44. The first-order chi connectivity index (χ1) is 8.65. The third-order valence-corrected chi connectivity index (χ3v) is 4.90. The average Bonchev–Trinajstić information content (AvgIpc) is 2.38.